The number of hydrogen-bond acceptors (Lipinski definition) is 4. The highest BCUT2D eigenvalue weighted by molar-refractivity contribution is 9.11. The average molecular weight is 303 g/mol. The zero-order chi connectivity index (χ0) is 10.7. The lowest BCUT2D eigenvalue weighted by molar-refractivity contribution is 1.14. The summed E-state index contributed by atoms with van der Waals surface area (Å²) in [5.41, 5.74) is 1.29. The normalized spacial score (nSPS) is 10.5. The molecule has 2 aromatic heterocycles. The van der Waals surface area contributed by atoms with Crippen molar-refractivity contribution in [3.8, 4) is 0 Å². The third-order valence-electron chi connectivity index (χ3n) is 1.97. The predicted octanol–water partition coefficient (Wildman–Crippen LogP) is 4.14. The van der Waals surface area contributed by atoms with E-state index in [0.717, 1.165) is 18.1 Å². The van der Waals surface area contributed by atoms with Crippen molar-refractivity contribution in [3.63, 3.8) is 0 Å². The Morgan fingerprint density at radius 2 is 2.40 bits per heavy atom. The van der Waals surface area contributed by atoms with Crippen molar-refractivity contribution < 1.29 is 0 Å². The van der Waals surface area contributed by atoms with E-state index in [4.69, 9.17) is 0 Å². The first-order valence-corrected chi connectivity index (χ1v) is 7.18. The van der Waals surface area contributed by atoms with Crippen LogP contribution in [0.2, 0.25) is 0 Å². The van der Waals surface area contributed by atoms with Crippen molar-refractivity contribution in [2.75, 3.05) is 5.32 Å². The number of rotatable bonds is 4. The minimum atomic E-state index is 0.846. The summed E-state index contributed by atoms with van der Waals surface area (Å²) in [5, 5.41) is 6.47. The molecule has 15 heavy (non-hydrogen) atoms. The van der Waals surface area contributed by atoms with Crippen molar-refractivity contribution >= 4 is 43.7 Å². The van der Waals surface area contributed by atoms with Gasteiger partial charge in [-0.3, -0.25) is 0 Å². The van der Waals surface area contributed by atoms with Gasteiger partial charge in [0.15, 0.2) is 5.13 Å². The topological polar surface area (TPSA) is 24.9 Å². The molecule has 2 rings (SSSR count). The van der Waals surface area contributed by atoms with E-state index in [1.165, 1.54) is 14.2 Å². The Bertz CT molecular complexity index is 436. The van der Waals surface area contributed by atoms with Crippen LogP contribution in [0.1, 0.15) is 17.4 Å². The van der Waals surface area contributed by atoms with Crippen LogP contribution in [0.3, 0.4) is 0 Å². The maximum atomic E-state index is 4.31. The first-order chi connectivity index (χ1) is 7.28. The number of nitrogens with zero attached hydrogens (tertiary/aromatic N) is 1. The second kappa shape index (κ2) is 5.09. The predicted molar refractivity (Wildman–Crippen MR) is 70.8 cm³/mol. The largest absolute Gasteiger partial charge is 0.357 e. The molecule has 0 aliphatic carbocycles. The van der Waals surface area contributed by atoms with E-state index in [-0.39, 0.29) is 0 Å². The molecule has 0 saturated carbocycles. The molecule has 0 saturated heterocycles. The molecule has 0 aliphatic heterocycles. The number of nitrogens with one attached hydrogen (secondary N) is 1. The van der Waals surface area contributed by atoms with Gasteiger partial charge in [-0.15, -0.1) is 22.7 Å². The SMILES string of the molecule is CCc1cnc(NCc2csc(Br)c2)s1. The summed E-state index contributed by atoms with van der Waals surface area (Å²) < 4.78 is 1.17. The van der Waals surface area contributed by atoms with Gasteiger partial charge >= 0.3 is 0 Å². The fourth-order valence-corrected chi connectivity index (χ4v) is 3.13. The second-order valence-corrected chi connectivity index (χ2v) is 6.50. The lowest BCUT2D eigenvalue weighted by Gasteiger charge is -1.98. The van der Waals surface area contributed by atoms with Crippen LogP contribution in [0.5, 0.6) is 0 Å². The Balaban J connectivity index is 1.93. The zero-order valence-corrected chi connectivity index (χ0v) is 11.5. The molecule has 0 amide bonds. The number of thiazole rings is 1. The number of hydrogen-bond donors (Lipinski definition) is 1. The number of anilines is 1. The van der Waals surface area contributed by atoms with Crippen molar-refractivity contribution in [3.05, 3.63) is 31.9 Å². The van der Waals surface area contributed by atoms with Gasteiger partial charge in [-0.2, -0.15) is 0 Å². The van der Waals surface area contributed by atoms with Crippen molar-refractivity contribution in [2.45, 2.75) is 19.9 Å². The third-order valence-corrected chi connectivity index (χ3v) is 4.62. The van der Waals surface area contributed by atoms with E-state index < -0.39 is 0 Å². The van der Waals surface area contributed by atoms with Gasteiger partial charge in [-0.1, -0.05) is 6.92 Å². The van der Waals surface area contributed by atoms with Gasteiger partial charge < -0.3 is 5.32 Å². The van der Waals surface area contributed by atoms with Gasteiger partial charge in [0.1, 0.15) is 0 Å². The number of aromatic nitrogens is 1. The van der Waals surface area contributed by atoms with Crippen LogP contribution in [-0.4, -0.2) is 4.98 Å². The lowest BCUT2D eigenvalue weighted by atomic mass is 10.3. The fraction of sp³-hybridized carbons (Fsp3) is 0.300. The quantitative estimate of drug-likeness (QED) is 0.918. The van der Waals surface area contributed by atoms with E-state index in [1.807, 2.05) is 6.20 Å². The smallest absolute Gasteiger partial charge is 0.183 e. The Morgan fingerprint density at radius 1 is 1.53 bits per heavy atom. The minimum Gasteiger partial charge on any atom is -0.357 e. The first kappa shape index (κ1) is 11.1. The van der Waals surface area contributed by atoms with Gasteiger partial charge in [0.25, 0.3) is 0 Å². The molecule has 80 valence electrons. The summed E-state index contributed by atoms with van der Waals surface area (Å²) in [4.78, 5) is 5.63. The van der Waals surface area contributed by atoms with Crippen LogP contribution in [-0.2, 0) is 13.0 Å². The number of aryl methyl sites for hydroxylation is 1. The molecular formula is C10H11BrN2S2. The highest BCUT2D eigenvalue weighted by atomic mass is 79.9. The molecular weight excluding hydrogens is 292 g/mol. The van der Waals surface area contributed by atoms with Crippen LogP contribution < -0.4 is 5.32 Å². The monoisotopic (exact) mass is 302 g/mol. The summed E-state index contributed by atoms with van der Waals surface area (Å²) in [5.74, 6) is 0. The molecule has 0 spiro atoms. The van der Waals surface area contributed by atoms with E-state index >= 15 is 0 Å². The maximum absolute atomic E-state index is 4.31. The Labute approximate surface area is 106 Å². The lowest BCUT2D eigenvalue weighted by Crippen LogP contribution is -1.96. The number of halogens is 1. The summed E-state index contributed by atoms with van der Waals surface area (Å²) in [6.07, 6.45) is 3.00. The first-order valence-electron chi connectivity index (χ1n) is 4.69. The van der Waals surface area contributed by atoms with E-state index in [2.05, 4.69) is 44.6 Å². The summed E-state index contributed by atoms with van der Waals surface area (Å²) in [6.45, 7) is 2.99. The molecule has 0 radical (unpaired) electrons. The highest BCUT2D eigenvalue weighted by Gasteiger charge is 2.01. The summed E-state index contributed by atoms with van der Waals surface area (Å²) >= 11 is 6.89. The fourth-order valence-electron chi connectivity index (χ4n) is 1.17. The molecule has 0 unspecified atom stereocenters. The van der Waals surface area contributed by atoms with Gasteiger partial charge in [0.05, 0.1) is 3.79 Å². The van der Waals surface area contributed by atoms with Crippen LogP contribution in [0.4, 0.5) is 5.13 Å². The van der Waals surface area contributed by atoms with Crippen molar-refractivity contribution in [1.29, 1.82) is 0 Å². The molecule has 0 atom stereocenters. The van der Waals surface area contributed by atoms with Crippen molar-refractivity contribution in [1.82, 2.24) is 4.98 Å². The molecule has 0 bridgehead atoms. The third kappa shape index (κ3) is 3.03. The molecule has 0 aromatic carbocycles. The molecule has 1 N–H and O–H groups in total. The Morgan fingerprint density at radius 3 is 3.00 bits per heavy atom. The van der Waals surface area contributed by atoms with E-state index in [1.54, 1.807) is 22.7 Å². The molecule has 5 heteroatoms. The van der Waals surface area contributed by atoms with Crippen molar-refractivity contribution in [2.24, 2.45) is 0 Å². The zero-order valence-electron chi connectivity index (χ0n) is 8.29. The molecule has 2 nitrogen and oxygen atoms in total. The van der Waals surface area contributed by atoms with Crippen LogP contribution in [0.15, 0.2) is 21.4 Å². The van der Waals surface area contributed by atoms with Gasteiger partial charge in [0, 0.05) is 17.6 Å². The van der Waals surface area contributed by atoms with Gasteiger partial charge in [-0.05, 0) is 39.4 Å². The standard InChI is InChI=1S/C10H11BrN2S2/c1-2-8-5-13-10(15-8)12-4-7-3-9(11)14-6-7/h3,5-6H,2,4H2,1H3,(H,12,13). The van der Waals surface area contributed by atoms with E-state index in [0.29, 0.717) is 0 Å². The highest BCUT2D eigenvalue weighted by Crippen LogP contribution is 2.23. The van der Waals surface area contributed by atoms with E-state index in [9.17, 15) is 0 Å². The summed E-state index contributed by atoms with van der Waals surface area (Å²) in [7, 11) is 0. The average Bonchev–Trinajstić information content (AvgIpc) is 2.83. The minimum absolute atomic E-state index is 0.846. The Kier molecular flexibility index (Phi) is 3.77. The van der Waals surface area contributed by atoms with Crippen LogP contribution in [0, 0.1) is 0 Å². The van der Waals surface area contributed by atoms with Gasteiger partial charge in [-0.25, -0.2) is 4.98 Å². The number of thiophene rings is 1. The van der Waals surface area contributed by atoms with Crippen LogP contribution >= 0.6 is 38.6 Å². The molecule has 2 aromatic rings. The van der Waals surface area contributed by atoms with Crippen LogP contribution in [0.25, 0.3) is 0 Å². The maximum Gasteiger partial charge on any atom is 0.183 e. The Hall–Kier alpha value is -0.390. The summed E-state index contributed by atoms with van der Waals surface area (Å²) in [6, 6.07) is 2.13. The second-order valence-electron chi connectivity index (χ2n) is 3.10. The molecule has 0 fully saturated rings. The van der Waals surface area contributed by atoms with Gasteiger partial charge in [0.2, 0.25) is 0 Å². The molecule has 0 aliphatic rings. The molecule has 2 heterocycles.